The maximum absolute atomic E-state index is 12.7. The summed E-state index contributed by atoms with van der Waals surface area (Å²) in [5.74, 6) is 0.842. The molecule has 108 valence electrons. The van der Waals surface area contributed by atoms with E-state index in [0.717, 1.165) is 43.5 Å². The molecular weight excluding hydrogens is 248 g/mol. The minimum Gasteiger partial charge on any atom is -0.328 e. The molecular formula is C17H24N2O. The Morgan fingerprint density at radius 1 is 1.20 bits per heavy atom. The Labute approximate surface area is 121 Å². The van der Waals surface area contributed by atoms with Gasteiger partial charge in [-0.3, -0.25) is 4.79 Å². The Kier molecular flexibility index (Phi) is 3.33. The van der Waals surface area contributed by atoms with Gasteiger partial charge in [-0.2, -0.15) is 0 Å². The lowest BCUT2D eigenvalue weighted by Gasteiger charge is -2.30. The van der Waals surface area contributed by atoms with Crippen LogP contribution in [0.2, 0.25) is 0 Å². The Morgan fingerprint density at radius 2 is 1.85 bits per heavy atom. The van der Waals surface area contributed by atoms with Crippen molar-refractivity contribution in [2.24, 2.45) is 11.7 Å². The predicted molar refractivity (Wildman–Crippen MR) is 81.8 cm³/mol. The molecule has 1 aromatic rings. The third-order valence-electron chi connectivity index (χ3n) is 4.98. The molecule has 0 atom stereocenters. The number of benzene rings is 1. The second-order valence-electron chi connectivity index (χ2n) is 6.84. The quantitative estimate of drug-likeness (QED) is 0.900. The topological polar surface area (TPSA) is 46.3 Å². The van der Waals surface area contributed by atoms with Gasteiger partial charge in [0.25, 0.3) is 0 Å². The molecule has 3 rings (SSSR count). The molecule has 1 fully saturated rings. The van der Waals surface area contributed by atoms with E-state index < -0.39 is 0 Å². The van der Waals surface area contributed by atoms with Gasteiger partial charge in [-0.15, -0.1) is 0 Å². The van der Waals surface area contributed by atoms with Gasteiger partial charge in [0.05, 0.1) is 5.41 Å². The molecule has 1 aromatic carbocycles. The lowest BCUT2D eigenvalue weighted by molar-refractivity contribution is -0.122. The number of fused-ring (bicyclic) bond motifs is 1. The van der Waals surface area contributed by atoms with Crippen LogP contribution in [0.5, 0.6) is 0 Å². The summed E-state index contributed by atoms with van der Waals surface area (Å²) in [6.45, 7) is 4.92. The van der Waals surface area contributed by atoms with E-state index in [1.165, 1.54) is 0 Å². The van der Waals surface area contributed by atoms with Crippen molar-refractivity contribution in [2.75, 3.05) is 11.4 Å². The number of hydrogen-bond acceptors (Lipinski definition) is 2. The van der Waals surface area contributed by atoms with E-state index >= 15 is 0 Å². The number of nitrogens with two attached hydrogens (primary N) is 1. The first-order valence-electron chi connectivity index (χ1n) is 7.67. The van der Waals surface area contributed by atoms with E-state index in [9.17, 15) is 4.79 Å². The van der Waals surface area contributed by atoms with Gasteiger partial charge in [-0.25, -0.2) is 0 Å². The van der Waals surface area contributed by atoms with Crippen molar-refractivity contribution in [3.05, 3.63) is 29.8 Å². The molecule has 1 aliphatic heterocycles. The zero-order valence-electron chi connectivity index (χ0n) is 12.4. The monoisotopic (exact) mass is 272 g/mol. The molecule has 1 aliphatic carbocycles. The maximum atomic E-state index is 12.7. The lowest BCUT2D eigenvalue weighted by atomic mass is 9.85. The highest BCUT2D eigenvalue weighted by Crippen LogP contribution is 2.42. The highest BCUT2D eigenvalue weighted by Gasteiger charge is 2.44. The molecule has 1 saturated carbocycles. The van der Waals surface area contributed by atoms with Gasteiger partial charge in [-0.05, 0) is 57.1 Å². The van der Waals surface area contributed by atoms with E-state index in [1.807, 2.05) is 30.9 Å². The van der Waals surface area contributed by atoms with E-state index in [-0.39, 0.29) is 11.3 Å². The van der Waals surface area contributed by atoms with Crippen molar-refractivity contribution >= 4 is 11.6 Å². The smallest absolute Gasteiger partial charge is 0.237 e. The largest absolute Gasteiger partial charge is 0.328 e. The van der Waals surface area contributed by atoms with Crippen LogP contribution in [0.4, 0.5) is 5.69 Å². The van der Waals surface area contributed by atoms with Crippen LogP contribution in [0.15, 0.2) is 24.3 Å². The number of carbonyl (C=O) groups excluding carboxylic acids is 1. The number of anilines is 1. The molecule has 1 amide bonds. The summed E-state index contributed by atoms with van der Waals surface area (Å²) in [7, 11) is 0. The standard InChI is InChI=1S/C17H24N2O/c1-17(2)14-5-3-4-6-15(14)19(16(17)20)11-12-7-9-13(18)10-8-12/h3-6,12-13H,7-11,18H2,1-2H3. The number of amides is 1. The Hall–Kier alpha value is -1.35. The summed E-state index contributed by atoms with van der Waals surface area (Å²) in [6.07, 6.45) is 4.48. The Bertz CT molecular complexity index is 515. The fraction of sp³-hybridized carbons (Fsp3) is 0.588. The summed E-state index contributed by atoms with van der Waals surface area (Å²) < 4.78 is 0. The van der Waals surface area contributed by atoms with E-state index in [4.69, 9.17) is 5.73 Å². The molecule has 0 spiro atoms. The third kappa shape index (κ3) is 2.14. The second-order valence-corrected chi connectivity index (χ2v) is 6.84. The Morgan fingerprint density at radius 3 is 2.55 bits per heavy atom. The SMILES string of the molecule is CC1(C)C(=O)N(CC2CCC(N)CC2)c2ccccc21. The van der Waals surface area contributed by atoms with E-state index in [1.54, 1.807) is 0 Å². The van der Waals surface area contributed by atoms with E-state index in [0.29, 0.717) is 12.0 Å². The highest BCUT2D eigenvalue weighted by molar-refractivity contribution is 6.07. The number of nitrogens with zero attached hydrogens (tertiary/aromatic N) is 1. The van der Waals surface area contributed by atoms with Crippen molar-refractivity contribution in [2.45, 2.75) is 51.0 Å². The second kappa shape index (κ2) is 4.88. The molecule has 0 radical (unpaired) electrons. The fourth-order valence-electron chi connectivity index (χ4n) is 3.61. The summed E-state index contributed by atoms with van der Waals surface area (Å²) in [5.41, 5.74) is 7.86. The number of carbonyl (C=O) groups is 1. The first kappa shape index (κ1) is 13.6. The first-order valence-corrected chi connectivity index (χ1v) is 7.67. The molecule has 0 unspecified atom stereocenters. The first-order chi connectivity index (χ1) is 9.50. The molecule has 1 heterocycles. The van der Waals surface area contributed by atoms with Gasteiger partial charge in [0.1, 0.15) is 0 Å². The maximum Gasteiger partial charge on any atom is 0.237 e. The fourth-order valence-corrected chi connectivity index (χ4v) is 3.61. The molecule has 20 heavy (non-hydrogen) atoms. The molecule has 2 aliphatic rings. The number of hydrogen-bond donors (Lipinski definition) is 1. The van der Waals surface area contributed by atoms with Crippen LogP contribution in [-0.2, 0) is 10.2 Å². The molecule has 3 nitrogen and oxygen atoms in total. The average molecular weight is 272 g/mol. The van der Waals surface area contributed by atoms with Gasteiger partial charge in [0.2, 0.25) is 5.91 Å². The lowest BCUT2D eigenvalue weighted by Crippen LogP contribution is -2.40. The molecule has 0 aromatic heterocycles. The molecule has 3 heteroatoms. The summed E-state index contributed by atoms with van der Waals surface area (Å²) in [6, 6.07) is 8.58. The van der Waals surface area contributed by atoms with Gasteiger partial charge < -0.3 is 10.6 Å². The van der Waals surface area contributed by atoms with Crippen LogP contribution in [0.1, 0.15) is 45.1 Å². The zero-order valence-corrected chi connectivity index (χ0v) is 12.4. The van der Waals surface area contributed by atoms with Crippen LogP contribution in [0.3, 0.4) is 0 Å². The molecule has 0 bridgehead atoms. The van der Waals surface area contributed by atoms with Crippen LogP contribution in [0.25, 0.3) is 0 Å². The van der Waals surface area contributed by atoms with Crippen molar-refractivity contribution in [1.82, 2.24) is 0 Å². The normalized spacial score (nSPS) is 28.6. The predicted octanol–water partition coefficient (Wildman–Crippen LogP) is 2.83. The Balaban J connectivity index is 1.82. The van der Waals surface area contributed by atoms with Crippen LogP contribution < -0.4 is 10.6 Å². The number of para-hydroxylation sites is 1. The van der Waals surface area contributed by atoms with Crippen LogP contribution >= 0.6 is 0 Å². The zero-order chi connectivity index (χ0) is 14.3. The minimum atomic E-state index is -0.387. The van der Waals surface area contributed by atoms with Gasteiger partial charge in [0, 0.05) is 18.3 Å². The van der Waals surface area contributed by atoms with Crippen molar-refractivity contribution in [3.8, 4) is 0 Å². The van der Waals surface area contributed by atoms with Gasteiger partial charge >= 0.3 is 0 Å². The van der Waals surface area contributed by atoms with Crippen LogP contribution in [-0.4, -0.2) is 18.5 Å². The van der Waals surface area contributed by atoms with Gasteiger partial charge in [-0.1, -0.05) is 18.2 Å². The third-order valence-corrected chi connectivity index (χ3v) is 4.98. The van der Waals surface area contributed by atoms with Crippen molar-refractivity contribution in [3.63, 3.8) is 0 Å². The minimum absolute atomic E-state index is 0.244. The molecule has 2 N–H and O–H groups in total. The highest BCUT2D eigenvalue weighted by atomic mass is 16.2. The van der Waals surface area contributed by atoms with E-state index in [2.05, 4.69) is 12.1 Å². The van der Waals surface area contributed by atoms with Crippen molar-refractivity contribution in [1.29, 1.82) is 0 Å². The summed E-state index contributed by atoms with van der Waals surface area (Å²) in [4.78, 5) is 14.7. The van der Waals surface area contributed by atoms with Crippen molar-refractivity contribution < 1.29 is 4.79 Å². The average Bonchev–Trinajstić information content (AvgIpc) is 2.63. The molecule has 0 saturated heterocycles. The summed E-state index contributed by atoms with van der Waals surface area (Å²) in [5, 5.41) is 0. The number of rotatable bonds is 2. The van der Waals surface area contributed by atoms with Gasteiger partial charge in [0.15, 0.2) is 0 Å². The summed E-state index contributed by atoms with van der Waals surface area (Å²) >= 11 is 0. The van der Waals surface area contributed by atoms with Crippen LogP contribution in [0, 0.1) is 5.92 Å².